The first-order valence-electron chi connectivity index (χ1n) is 6.39. The first kappa shape index (κ1) is 16.2. The lowest BCUT2D eigenvalue weighted by Crippen LogP contribution is -1.99. The van der Waals surface area contributed by atoms with Gasteiger partial charge >= 0.3 is 0 Å². The van der Waals surface area contributed by atoms with Crippen molar-refractivity contribution in [1.29, 1.82) is 5.26 Å². The summed E-state index contributed by atoms with van der Waals surface area (Å²) < 4.78 is 0. The lowest BCUT2D eigenvalue weighted by Gasteiger charge is -2.12. The van der Waals surface area contributed by atoms with Gasteiger partial charge in [0.2, 0.25) is 0 Å². The van der Waals surface area contributed by atoms with Gasteiger partial charge in [-0.25, -0.2) is 4.98 Å². The van der Waals surface area contributed by atoms with Crippen LogP contribution in [0.25, 0.3) is 0 Å². The first-order chi connectivity index (χ1) is 9.95. The Morgan fingerprint density at radius 2 is 1.76 bits per heavy atom. The SMILES string of the molecule is Cc1nc(SCc2c(Cl)cccc2Cl)c(C#N)c(C)c1C. The van der Waals surface area contributed by atoms with Gasteiger partial charge in [-0.2, -0.15) is 5.26 Å². The number of pyridine rings is 1. The lowest BCUT2D eigenvalue weighted by atomic mass is 10.1. The third kappa shape index (κ3) is 3.35. The minimum atomic E-state index is 0.585. The van der Waals surface area contributed by atoms with E-state index >= 15 is 0 Å². The van der Waals surface area contributed by atoms with Gasteiger partial charge in [-0.3, -0.25) is 0 Å². The van der Waals surface area contributed by atoms with Crippen LogP contribution in [0.15, 0.2) is 23.2 Å². The van der Waals surface area contributed by atoms with E-state index in [-0.39, 0.29) is 0 Å². The van der Waals surface area contributed by atoms with Crippen molar-refractivity contribution in [2.75, 3.05) is 0 Å². The highest BCUT2D eigenvalue weighted by atomic mass is 35.5. The summed E-state index contributed by atoms with van der Waals surface area (Å²) in [5.41, 5.74) is 4.49. The molecule has 5 heteroatoms. The predicted octanol–water partition coefficient (Wildman–Crippen LogP) is 5.48. The Kier molecular flexibility index (Phi) is 5.16. The molecular weight excluding hydrogens is 323 g/mol. The molecule has 21 heavy (non-hydrogen) atoms. The Morgan fingerprint density at radius 3 is 2.33 bits per heavy atom. The third-order valence-electron chi connectivity index (χ3n) is 3.49. The molecule has 0 aliphatic heterocycles. The summed E-state index contributed by atoms with van der Waals surface area (Å²) >= 11 is 13.8. The molecule has 0 saturated carbocycles. The van der Waals surface area contributed by atoms with Gasteiger partial charge in [0.15, 0.2) is 0 Å². The monoisotopic (exact) mass is 336 g/mol. The second-order valence-corrected chi connectivity index (χ2v) is 6.51. The number of nitriles is 1. The zero-order chi connectivity index (χ0) is 15.6. The fourth-order valence-corrected chi connectivity index (χ4v) is 3.78. The van der Waals surface area contributed by atoms with Crippen LogP contribution in [0, 0.1) is 32.1 Å². The second-order valence-electron chi connectivity index (χ2n) is 4.73. The Hall–Kier alpha value is -1.21. The van der Waals surface area contributed by atoms with E-state index in [1.54, 1.807) is 0 Å². The molecule has 108 valence electrons. The van der Waals surface area contributed by atoms with E-state index in [2.05, 4.69) is 11.1 Å². The van der Waals surface area contributed by atoms with Gasteiger partial charge in [-0.15, -0.1) is 11.8 Å². The van der Waals surface area contributed by atoms with Crippen molar-refractivity contribution in [1.82, 2.24) is 4.98 Å². The van der Waals surface area contributed by atoms with Crippen molar-refractivity contribution in [3.63, 3.8) is 0 Å². The fourth-order valence-electron chi connectivity index (χ4n) is 1.96. The largest absolute Gasteiger partial charge is 0.245 e. The number of aryl methyl sites for hydroxylation is 1. The van der Waals surface area contributed by atoms with E-state index in [9.17, 15) is 5.26 Å². The standard InChI is InChI=1S/C16H14Cl2N2S/c1-9-10(2)12(7-19)16(20-11(9)3)21-8-13-14(17)5-4-6-15(13)18/h4-6H,8H2,1-3H3. The normalized spacial score (nSPS) is 10.5. The van der Waals surface area contributed by atoms with Gasteiger partial charge in [-0.1, -0.05) is 29.3 Å². The Morgan fingerprint density at radius 1 is 1.14 bits per heavy atom. The molecule has 0 saturated heterocycles. The minimum absolute atomic E-state index is 0.585. The molecule has 0 aliphatic carbocycles. The average Bonchev–Trinajstić information content (AvgIpc) is 2.44. The van der Waals surface area contributed by atoms with Gasteiger partial charge in [0.05, 0.1) is 5.56 Å². The quantitative estimate of drug-likeness (QED) is 0.696. The molecule has 0 radical (unpaired) electrons. The van der Waals surface area contributed by atoms with Crippen LogP contribution >= 0.6 is 35.0 Å². The van der Waals surface area contributed by atoms with Gasteiger partial charge in [0, 0.05) is 21.5 Å². The van der Waals surface area contributed by atoms with E-state index in [0.717, 1.165) is 27.4 Å². The fraction of sp³-hybridized carbons (Fsp3) is 0.250. The van der Waals surface area contributed by atoms with Gasteiger partial charge in [0.25, 0.3) is 0 Å². The molecule has 1 aromatic heterocycles. The summed E-state index contributed by atoms with van der Waals surface area (Å²) in [4.78, 5) is 4.53. The van der Waals surface area contributed by atoms with Crippen LogP contribution in [0.1, 0.15) is 27.9 Å². The summed E-state index contributed by atoms with van der Waals surface area (Å²) in [6.45, 7) is 5.89. The zero-order valence-electron chi connectivity index (χ0n) is 12.0. The molecule has 0 unspecified atom stereocenters. The molecule has 0 atom stereocenters. The van der Waals surface area contributed by atoms with Crippen molar-refractivity contribution in [3.8, 4) is 6.07 Å². The molecule has 0 aliphatic rings. The van der Waals surface area contributed by atoms with E-state index in [1.807, 2.05) is 39.0 Å². The minimum Gasteiger partial charge on any atom is -0.245 e. The summed E-state index contributed by atoms with van der Waals surface area (Å²) in [6.07, 6.45) is 0. The van der Waals surface area contributed by atoms with Crippen LogP contribution < -0.4 is 0 Å². The van der Waals surface area contributed by atoms with Crippen LogP contribution in [0.3, 0.4) is 0 Å². The highest BCUT2D eigenvalue weighted by Gasteiger charge is 2.14. The zero-order valence-corrected chi connectivity index (χ0v) is 14.3. The van der Waals surface area contributed by atoms with E-state index < -0.39 is 0 Å². The van der Waals surface area contributed by atoms with Crippen LogP contribution in [0.4, 0.5) is 0 Å². The van der Waals surface area contributed by atoms with Crippen LogP contribution in [0.5, 0.6) is 0 Å². The molecule has 2 rings (SSSR count). The molecule has 1 aromatic carbocycles. The first-order valence-corrected chi connectivity index (χ1v) is 8.13. The van der Waals surface area contributed by atoms with Crippen LogP contribution in [-0.4, -0.2) is 4.98 Å². The van der Waals surface area contributed by atoms with E-state index in [1.165, 1.54) is 11.8 Å². The molecule has 0 spiro atoms. The van der Waals surface area contributed by atoms with Crippen LogP contribution in [0.2, 0.25) is 10.0 Å². The Bertz CT molecular complexity index is 716. The number of thioether (sulfide) groups is 1. The summed E-state index contributed by atoms with van der Waals surface area (Å²) in [5, 5.41) is 11.4. The summed E-state index contributed by atoms with van der Waals surface area (Å²) in [5.74, 6) is 0.585. The van der Waals surface area contributed by atoms with Gasteiger partial charge in [0.1, 0.15) is 11.1 Å². The maximum absolute atomic E-state index is 9.37. The summed E-state index contributed by atoms with van der Waals surface area (Å²) in [7, 11) is 0. The molecule has 0 N–H and O–H groups in total. The number of hydrogen-bond donors (Lipinski definition) is 0. The molecule has 2 aromatic rings. The molecule has 1 heterocycles. The number of rotatable bonds is 3. The van der Waals surface area contributed by atoms with Crippen molar-refractivity contribution in [3.05, 3.63) is 56.2 Å². The predicted molar refractivity (Wildman–Crippen MR) is 89.2 cm³/mol. The summed E-state index contributed by atoms with van der Waals surface area (Å²) in [6, 6.07) is 7.69. The number of benzene rings is 1. The van der Waals surface area contributed by atoms with E-state index in [4.69, 9.17) is 23.2 Å². The smallest absolute Gasteiger partial charge is 0.115 e. The third-order valence-corrected chi connectivity index (χ3v) is 5.20. The van der Waals surface area contributed by atoms with E-state index in [0.29, 0.717) is 21.4 Å². The number of hydrogen-bond acceptors (Lipinski definition) is 3. The molecular formula is C16H14Cl2N2S. The van der Waals surface area contributed by atoms with Gasteiger partial charge in [-0.05, 0) is 49.6 Å². The highest BCUT2D eigenvalue weighted by Crippen LogP contribution is 2.33. The maximum atomic E-state index is 9.37. The van der Waals surface area contributed by atoms with Crippen LogP contribution in [-0.2, 0) is 5.75 Å². The number of aromatic nitrogens is 1. The molecule has 2 nitrogen and oxygen atoms in total. The molecule has 0 bridgehead atoms. The van der Waals surface area contributed by atoms with Gasteiger partial charge < -0.3 is 0 Å². The number of nitrogens with zero attached hydrogens (tertiary/aromatic N) is 2. The van der Waals surface area contributed by atoms with Crippen molar-refractivity contribution >= 4 is 35.0 Å². The highest BCUT2D eigenvalue weighted by molar-refractivity contribution is 7.98. The average molecular weight is 337 g/mol. The van der Waals surface area contributed by atoms with Crippen molar-refractivity contribution < 1.29 is 0 Å². The van der Waals surface area contributed by atoms with Crippen molar-refractivity contribution in [2.45, 2.75) is 31.6 Å². The second kappa shape index (κ2) is 6.70. The lowest BCUT2D eigenvalue weighted by molar-refractivity contribution is 0.998. The van der Waals surface area contributed by atoms with Crippen molar-refractivity contribution in [2.24, 2.45) is 0 Å². The molecule has 0 amide bonds. The number of halogens is 2. The molecule has 0 fully saturated rings. The Labute approximate surface area is 139 Å². The maximum Gasteiger partial charge on any atom is 0.115 e. The Balaban J connectivity index is 2.35. The topological polar surface area (TPSA) is 36.7 Å².